The second-order valence-corrected chi connectivity index (χ2v) is 7.60. The van der Waals surface area contributed by atoms with Crippen molar-refractivity contribution in [3.05, 3.63) is 0 Å². The van der Waals surface area contributed by atoms with Gasteiger partial charge in [-0.25, -0.2) is 0 Å². The molecule has 0 aromatic carbocycles. The Bertz CT molecular complexity index is 354. The molecule has 0 aromatic heterocycles. The van der Waals surface area contributed by atoms with Gasteiger partial charge in [0.15, 0.2) is 0 Å². The number of rotatable bonds is 0. The van der Waals surface area contributed by atoms with Gasteiger partial charge in [-0.3, -0.25) is 0 Å². The van der Waals surface area contributed by atoms with E-state index in [0.29, 0.717) is 18.3 Å². The summed E-state index contributed by atoms with van der Waals surface area (Å²) in [6.45, 7) is 8.52. The summed E-state index contributed by atoms with van der Waals surface area (Å²) in [4.78, 5) is 0. The topological polar surface area (TPSA) is 49.7 Å². The summed E-state index contributed by atoms with van der Waals surface area (Å²) in [6, 6.07) is 0. The second-order valence-electron chi connectivity index (χ2n) is 7.60. The van der Waals surface area contributed by atoms with Crippen LogP contribution in [0.25, 0.3) is 0 Å². The summed E-state index contributed by atoms with van der Waals surface area (Å²) >= 11 is 0. The maximum absolute atomic E-state index is 10.4. The summed E-state index contributed by atoms with van der Waals surface area (Å²) in [5.74, 6) is 1.42. The highest BCUT2D eigenvalue weighted by molar-refractivity contribution is 5.10. The first-order valence-corrected chi connectivity index (χ1v) is 7.31. The number of ether oxygens (including phenoxy) is 1. The van der Waals surface area contributed by atoms with Crippen molar-refractivity contribution in [2.45, 2.75) is 70.4 Å². The van der Waals surface area contributed by atoms with Crippen LogP contribution in [0.3, 0.4) is 0 Å². The molecule has 2 N–H and O–H groups in total. The van der Waals surface area contributed by atoms with Gasteiger partial charge in [-0.15, -0.1) is 0 Å². The van der Waals surface area contributed by atoms with E-state index in [1.807, 2.05) is 0 Å². The lowest BCUT2D eigenvalue weighted by Gasteiger charge is -2.50. The third kappa shape index (κ3) is 1.60. The van der Waals surface area contributed by atoms with Crippen molar-refractivity contribution in [1.29, 1.82) is 0 Å². The van der Waals surface area contributed by atoms with Crippen molar-refractivity contribution >= 4 is 0 Å². The predicted octanol–water partition coefficient (Wildman–Crippen LogP) is 1.96. The molecule has 0 aromatic rings. The second kappa shape index (κ2) is 3.71. The molecule has 0 radical (unpaired) electrons. The Hall–Kier alpha value is -0.120. The fourth-order valence-corrected chi connectivity index (χ4v) is 5.26. The van der Waals surface area contributed by atoms with Gasteiger partial charge in [-0.05, 0) is 45.4 Å². The van der Waals surface area contributed by atoms with Crippen LogP contribution >= 0.6 is 0 Å². The van der Waals surface area contributed by atoms with Gasteiger partial charge in [0.1, 0.15) is 0 Å². The predicted molar refractivity (Wildman–Crippen MR) is 69.1 cm³/mol. The van der Waals surface area contributed by atoms with Crippen LogP contribution in [0.15, 0.2) is 0 Å². The molecule has 0 spiro atoms. The zero-order valence-corrected chi connectivity index (χ0v) is 11.9. The van der Waals surface area contributed by atoms with Gasteiger partial charge < -0.3 is 14.9 Å². The Morgan fingerprint density at radius 3 is 2.33 bits per heavy atom. The van der Waals surface area contributed by atoms with E-state index in [0.717, 1.165) is 12.8 Å². The molecule has 2 bridgehead atoms. The lowest BCUT2D eigenvalue weighted by molar-refractivity contribution is -0.238. The fraction of sp³-hybridized carbons (Fsp3) is 1.00. The Morgan fingerprint density at radius 2 is 1.72 bits per heavy atom. The highest BCUT2D eigenvalue weighted by Gasteiger charge is 2.61. The molecule has 2 saturated heterocycles. The molecular formula is C15H26O3. The lowest BCUT2D eigenvalue weighted by Crippen LogP contribution is -2.56. The van der Waals surface area contributed by atoms with Crippen LogP contribution in [0.4, 0.5) is 0 Å². The normalized spacial score (nSPS) is 58.3. The van der Waals surface area contributed by atoms with E-state index in [4.69, 9.17) is 4.74 Å². The van der Waals surface area contributed by atoms with Crippen LogP contribution in [0.1, 0.15) is 47.0 Å². The van der Waals surface area contributed by atoms with Gasteiger partial charge in [-0.1, -0.05) is 6.92 Å². The van der Waals surface area contributed by atoms with Crippen LogP contribution in [0.5, 0.6) is 0 Å². The molecule has 18 heavy (non-hydrogen) atoms. The number of hydrogen-bond acceptors (Lipinski definition) is 3. The first-order chi connectivity index (χ1) is 8.24. The largest absolute Gasteiger partial charge is 0.393 e. The van der Waals surface area contributed by atoms with Gasteiger partial charge >= 0.3 is 0 Å². The third-order valence-corrected chi connectivity index (χ3v) is 5.92. The monoisotopic (exact) mass is 254 g/mol. The maximum Gasteiger partial charge on any atom is 0.0742 e. The standard InChI is InChI=1S/C15H26O3/c1-8-5-11(16)13-9(8)6-10-12(17)7-15(13,4)18-14(10,2)3/h8-13,16-17H,5-7H2,1-4H3/t8-,9-,10+,11-,12-,13+,15+/m1/s1. The Morgan fingerprint density at radius 1 is 1.06 bits per heavy atom. The fourth-order valence-electron chi connectivity index (χ4n) is 5.26. The van der Waals surface area contributed by atoms with Gasteiger partial charge in [-0.2, -0.15) is 0 Å². The van der Waals surface area contributed by atoms with Crippen molar-refractivity contribution in [3.63, 3.8) is 0 Å². The number of aliphatic hydroxyl groups excluding tert-OH is 2. The molecule has 2 aliphatic heterocycles. The zero-order valence-electron chi connectivity index (χ0n) is 11.9. The molecule has 3 heteroatoms. The Kier molecular flexibility index (Phi) is 2.66. The Labute approximate surface area is 110 Å². The lowest BCUT2D eigenvalue weighted by atomic mass is 9.76. The molecule has 2 saturated carbocycles. The minimum Gasteiger partial charge on any atom is -0.393 e. The highest BCUT2D eigenvalue weighted by atomic mass is 16.5. The van der Waals surface area contributed by atoms with Crippen molar-refractivity contribution in [3.8, 4) is 0 Å². The van der Waals surface area contributed by atoms with Gasteiger partial charge in [0.2, 0.25) is 0 Å². The van der Waals surface area contributed by atoms with E-state index < -0.39 is 0 Å². The molecule has 0 unspecified atom stereocenters. The highest BCUT2D eigenvalue weighted by Crippen LogP contribution is 2.58. The molecule has 2 heterocycles. The van der Waals surface area contributed by atoms with Crippen molar-refractivity contribution in [2.75, 3.05) is 0 Å². The maximum atomic E-state index is 10.4. The van der Waals surface area contributed by atoms with Crippen LogP contribution < -0.4 is 0 Å². The van der Waals surface area contributed by atoms with E-state index in [2.05, 4.69) is 27.7 Å². The molecule has 4 fully saturated rings. The van der Waals surface area contributed by atoms with Gasteiger partial charge in [0, 0.05) is 18.3 Å². The minimum atomic E-state index is -0.370. The average molecular weight is 254 g/mol. The Balaban J connectivity index is 2.05. The molecule has 4 rings (SSSR count). The third-order valence-electron chi connectivity index (χ3n) is 5.92. The first kappa shape index (κ1) is 12.9. The molecule has 104 valence electrons. The number of hydrogen-bond donors (Lipinski definition) is 2. The molecule has 2 aliphatic carbocycles. The summed E-state index contributed by atoms with van der Waals surface area (Å²) in [6.07, 6.45) is 1.99. The van der Waals surface area contributed by atoms with Crippen molar-refractivity contribution < 1.29 is 14.9 Å². The van der Waals surface area contributed by atoms with E-state index in [9.17, 15) is 10.2 Å². The van der Waals surface area contributed by atoms with Crippen molar-refractivity contribution in [2.24, 2.45) is 23.7 Å². The van der Waals surface area contributed by atoms with Crippen LogP contribution in [-0.4, -0.2) is 33.6 Å². The molecule has 7 atom stereocenters. The zero-order chi connectivity index (χ0) is 13.3. The molecule has 3 nitrogen and oxygen atoms in total. The molecule has 0 amide bonds. The summed E-state index contributed by atoms with van der Waals surface area (Å²) < 4.78 is 6.37. The van der Waals surface area contributed by atoms with Crippen molar-refractivity contribution in [1.82, 2.24) is 0 Å². The number of fused-ring (bicyclic) bond motifs is 2. The minimum absolute atomic E-state index is 0.189. The average Bonchev–Trinajstić information content (AvgIpc) is 2.35. The van der Waals surface area contributed by atoms with Crippen LogP contribution in [-0.2, 0) is 4.74 Å². The molecular weight excluding hydrogens is 228 g/mol. The van der Waals surface area contributed by atoms with E-state index in [1.165, 1.54) is 0 Å². The quantitative estimate of drug-likeness (QED) is 0.695. The van der Waals surface area contributed by atoms with Crippen LogP contribution in [0, 0.1) is 23.7 Å². The first-order valence-electron chi connectivity index (χ1n) is 7.31. The van der Waals surface area contributed by atoms with Gasteiger partial charge in [0.05, 0.1) is 23.4 Å². The smallest absolute Gasteiger partial charge is 0.0742 e. The summed E-state index contributed by atoms with van der Waals surface area (Å²) in [7, 11) is 0. The summed E-state index contributed by atoms with van der Waals surface area (Å²) in [5.41, 5.74) is -0.652. The SMILES string of the molecule is C[C@@H]1C[C@@H](O)[C@@H]2[C@@H]1C[C@H]1[C@H](O)C[C@]2(C)OC1(C)C. The van der Waals surface area contributed by atoms with E-state index >= 15 is 0 Å². The van der Waals surface area contributed by atoms with E-state index in [-0.39, 0.29) is 35.2 Å². The van der Waals surface area contributed by atoms with E-state index in [1.54, 1.807) is 0 Å². The summed E-state index contributed by atoms with van der Waals surface area (Å²) in [5, 5.41) is 20.8. The van der Waals surface area contributed by atoms with Gasteiger partial charge in [0.25, 0.3) is 0 Å². The number of aliphatic hydroxyl groups is 2. The van der Waals surface area contributed by atoms with Crippen LogP contribution in [0.2, 0.25) is 0 Å². The molecule has 4 aliphatic rings.